The van der Waals surface area contributed by atoms with Gasteiger partial charge in [-0.05, 0) is 29.0 Å². The topological polar surface area (TPSA) is 101 Å². The minimum atomic E-state index is -3.59. The van der Waals surface area contributed by atoms with Crippen molar-refractivity contribution in [1.29, 1.82) is 0 Å². The average molecular weight is 350 g/mol. The monoisotopic (exact) mass is 349 g/mol. The van der Waals surface area contributed by atoms with Crippen molar-refractivity contribution < 1.29 is 8.42 Å². The number of aromatic amines is 1. The summed E-state index contributed by atoms with van der Waals surface area (Å²) >= 11 is 6.01. The summed E-state index contributed by atoms with van der Waals surface area (Å²) in [7, 11) is -3.59. The molecule has 9 heteroatoms. The van der Waals surface area contributed by atoms with Crippen LogP contribution in [0.2, 0.25) is 5.02 Å². The number of anilines is 1. The van der Waals surface area contributed by atoms with E-state index in [1.54, 1.807) is 48.5 Å². The fraction of sp³-hybridized carbons (Fsp3) is 0.0714. The highest BCUT2D eigenvalue weighted by Gasteiger charge is 2.14. The van der Waals surface area contributed by atoms with Gasteiger partial charge in [-0.25, -0.2) is 8.42 Å². The van der Waals surface area contributed by atoms with Crippen LogP contribution in [0, 0.1) is 0 Å². The smallest absolute Gasteiger partial charge is 0.236 e. The first-order valence-electron chi connectivity index (χ1n) is 6.61. The molecule has 0 aliphatic rings. The Hall–Kier alpha value is -2.45. The molecule has 118 valence electrons. The van der Waals surface area contributed by atoms with E-state index in [1.165, 1.54) is 0 Å². The molecule has 0 bridgehead atoms. The lowest BCUT2D eigenvalue weighted by atomic mass is 10.2. The molecule has 0 saturated heterocycles. The number of nitrogens with zero attached hydrogens (tertiary/aromatic N) is 3. The van der Waals surface area contributed by atoms with Crippen LogP contribution in [0.3, 0.4) is 0 Å². The number of sulfonamides is 1. The zero-order valence-electron chi connectivity index (χ0n) is 11.8. The maximum Gasteiger partial charge on any atom is 0.236 e. The molecule has 0 unspecified atom stereocenters. The van der Waals surface area contributed by atoms with Gasteiger partial charge in [-0.2, -0.15) is 5.21 Å². The van der Waals surface area contributed by atoms with Crippen LogP contribution in [-0.4, -0.2) is 29.0 Å². The summed E-state index contributed by atoms with van der Waals surface area (Å²) in [5.74, 6) is 0.177. The minimum Gasteiger partial charge on any atom is -0.283 e. The van der Waals surface area contributed by atoms with E-state index in [2.05, 4.69) is 25.3 Å². The maximum atomic E-state index is 12.3. The van der Waals surface area contributed by atoms with E-state index in [4.69, 9.17) is 11.6 Å². The Morgan fingerprint density at radius 2 is 1.96 bits per heavy atom. The Bertz CT molecular complexity index is 912. The quantitative estimate of drug-likeness (QED) is 0.736. The van der Waals surface area contributed by atoms with Crippen LogP contribution in [0.1, 0.15) is 5.56 Å². The van der Waals surface area contributed by atoms with Crippen LogP contribution in [0.5, 0.6) is 0 Å². The van der Waals surface area contributed by atoms with E-state index in [0.717, 1.165) is 0 Å². The molecule has 0 spiro atoms. The van der Waals surface area contributed by atoms with E-state index >= 15 is 0 Å². The number of tetrazole rings is 1. The van der Waals surface area contributed by atoms with Crippen LogP contribution >= 0.6 is 11.6 Å². The fourth-order valence-corrected chi connectivity index (χ4v) is 3.54. The average Bonchev–Trinajstić information content (AvgIpc) is 3.03. The third-order valence-electron chi connectivity index (χ3n) is 3.04. The van der Waals surface area contributed by atoms with Crippen molar-refractivity contribution in [3.8, 4) is 11.4 Å². The molecule has 0 saturated carbocycles. The summed E-state index contributed by atoms with van der Waals surface area (Å²) in [6.07, 6.45) is 0. The molecule has 0 radical (unpaired) electrons. The number of rotatable bonds is 5. The summed E-state index contributed by atoms with van der Waals surface area (Å²) < 4.78 is 27.1. The lowest BCUT2D eigenvalue weighted by Gasteiger charge is -2.09. The molecule has 0 fully saturated rings. The van der Waals surface area contributed by atoms with Gasteiger partial charge in [-0.15, -0.1) is 10.2 Å². The summed E-state index contributed by atoms with van der Waals surface area (Å²) in [5.41, 5.74) is 1.60. The Kier molecular flexibility index (Phi) is 4.26. The Labute approximate surface area is 137 Å². The van der Waals surface area contributed by atoms with Crippen LogP contribution in [0.25, 0.3) is 11.4 Å². The third kappa shape index (κ3) is 3.85. The van der Waals surface area contributed by atoms with Gasteiger partial charge < -0.3 is 0 Å². The third-order valence-corrected chi connectivity index (χ3v) is 4.65. The second-order valence-corrected chi connectivity index (χ2v) is 6.90. The summed E-state index contributed by atoms with van der Waals surface area (Å²) in [6, 6.07) is 13.6. The first-order valence-corrected chi connectivity index (χ1v) is 8.64. The van der Waals surface area contributed by atoms with Gasteiger partial charge in [0.2, 0.25) is 15.8 Å². The molecule has 3 rings (SSSR count). The predicted molar refractivity (Wildman–Crippen MR) is 87.3 cm³/mol. The first kappa shape index (κ1) is 15.4. The molecule has 2 aromatic carbocycles. The molecule has 0 aliphatic carbocycles. The number of aromatic nitrogens is 4. The number of nitrogens with one attached hydrogen (secondary N) is 2. The molecule has 0 amide bonds. The van der Waals surface area contributed by atoms with Gasteiger partial charge >= 0.3 is 0 Å². The Morgan fingerprint density at radius 1 is 1.13 bits per heavy atom. The molecule has 0 atom stereocenters. The fourth-order valence-electron chi connectivity index (χ4n) is 2.04. The van der Waals surface area contributed by atoms with Crippen molar-refractivity contribution in [3.05, 3.63) is 59.1 Å². The number of hydrogen-bond acceptors (Lipinski definition) is 5. The van der Waals surface area contributed by atoms with E-state index in [1.807, 2.05) is 0 Å². The summed E-state index contributed by atoms with van der Waals surface area (Å²) in [6.45, 7) is 0. The number of benzene rings is 2. The molecule has 1 heterocycles. The van der Waals surface area contributed by atoms with Crippen molar-refractivity contribution in [2.75, 3.05) is 4.72 Å². The second kappa shape index (κ2) is 6.35. The van der Waals surface area contributed by atoms with Crippen molar-refractivity contribution in [1.82, 2.24) is 20.6 Å². The normalized spacial score (nSPS) is 11.3. The zero-order chi connectivity index (χ0) is 16.3. The van der Waals surface area contributed by atoms with Crippen LogP contribution in [0.15, 0.2) is 48.5 Å². The van der Waals surface area contributed by atoms with E-state index in [0.29, 0.717) is 27.7 Å². The molecule has 2 N–H and O–H groups in total. The highest BCUT2D eigenvalue weighted by molar-refractivity contribution is 7.91. The van der Waals surface area contributed by atoms with Gasteiger partial charge in [0.05, 0.1) is 5.75 Å². The molecule has 23 heavy (non-hydrogen) atoms. The van der Waals surface area contributed by atoms with E-state index in [-0.39, 0.29) is 5.75 Å². The van der Waals surface area contributed by atoms with Crippen molar-refractivity contribution in [2.45, 2.75) is 5.75 Å². The largest absolute Gasteiger partial charge is 0.283 e. The highest BCUT2D eigenvalue weighted by atomic mass is 35.5. The predicted octanol–water partition coefficient (Wildman–Crippen LogP) is 2.46. The second-order valence-electron chi connectivity index (χ2n) is 4.77. The molecular weight excluding hydrogens is 338 g/mol. The standard InChI is InChI=1S/C14H12ClN5O2S/c15-13-7-2-1-4-11(13)9-23(21,22)18-12-6-3-5-10(8-12)14-16-19-20-17-14/h1-8,18H,9H2,(H,16,17,19,20). The lowest BCUT2D eigenvalue weighted by Crippen LogP contribution is -2.15. The van der Waals surface area contributed by atoms with E-state index < -0.39 is 10.0 Å². The summed E-state index contributed by atoms with van der Waals surface area (Å²) in [4.78, 5) is 0. The Morgan fingerprint density at radius 3 is 2.70 bits per heavy atom. The zero-order valence-corrected chi connectivity index (χ0v) is 13.3. The highest BCUT2D eigenvalue weighted by Crippen LogP contribution is 2.22. The van der Waals surface area contributed by atoms with Crippen molar-refractivity contribution in [2.24, 2.45) is 0 Å². The number of hydrogen-bond donors (Lipinski definition) is 2. The SMILES string of the molecule is O=S(=O)(Cc1ccccc1Cl)Nc1cccc(-c2nn[nH]n2)c1. The van der Waals surface area contributed by atoms with Crippen molar-refractivity contribution >= 4 is 27.3 Å². The maximum absolute atomic E-state index is 12.3. The molecule has 7 nitrogen and oxygen atoms in total. The van der Waals surface area contributed by atoms with Crippen LogP contribution < -0.4 is 4.72 Å². The molecule has 3 aromatic rings. The van der Waals surface area contributed by atoms with Gasteiger partial charge in [-0.3, -0.25) is 4.72 Å². The Balaban J connectivity index is 1.81. The molecular formula is C14H12ClN5O2S. The van der Waals surface area contributed by atoms with E-state index in [9.17, 15) is 8.42 Å². The van der Waals surface area contributed by atoms with Crippen LogP contribution in [-0.2, 0) is 15.8 Å². The summed E-state index contributed by atoms with van der Waals surface area (Å²) in [5, 5.41) is 14.0. The number of halogens is 1. The van der Waals surface area contributed by atoms with Gasteiger partial charge in [-0.1, -0.05) is 41.9 Å². The lowest BCUT2D eigenvalue weighted by molar-refractivity contribution is 0.600. The van der Waals surface area contributed by atoms with Crippen molar-refractivity contribution in [3.63, 3.8) is 0 Å². The van der Waals surface area contributed by atoms with Gasteiger partial charge in [0.1, 0.15) is 0 Å². The van der Waals surface area contributed by atoms with Gasteiger partial charge in [0, 0.05) is 16.3 Å². The molecule has 1 aromatic heterocycles. The molecule has 0 aliphatic heterocycles. The van der Waals surface area contributed by atoms with Gasteiger partial charge in [0.25, 0.3) is 0 Å². The minimum absolute atomic E-state index is 0.209. The first-order chi connectivity index (χ1) is 11.0. The van der Waals surface area contributed by atoms with Crippen LogP contribution in [0.4, 0.5) is 5.69 Å². The number of H-pyrrole nitrogens is 1. The van der Waals surface area contributed by atoms with Gasteiger partial charge in [0.15, 0.2) is 0 Å².